The highest BCUT2D eigenvalue weighted by Crippen LogP contribution is 2.36. The second-order valence-corrected chi connectivity index (χ2v) is 5.77. The Labute approximate surface area is 121 Å². The highest BCUT2D eigenvalue weighted by molar-refractivity contribution is 5.33. The van der Waals surface area contributed by atoms with Crippen LogP contribution in [0.5, 0.6) is 0 Å². The van der Waals surface area contributed by atoms with Gasteiger partial charge in [-0.1, -0.05) is 18.2 Å². The van der Waals surface area contributed by atoms with Crippen LogP contribution in [0.15, 0.2) is 24.3 Å². The Morgan fingerprint density at radius 1 is 1.29 bits per heavy atom. The Morgan fingerprint density at radius 2 is 2.05 bits per heavy atom. The first kappa shape index (κ1) is 14.8. The van der Waals surface area contributed by atoms with Crippen molar-refractivity contribution < 1.29 is 17.9 Å². The van der Waals surface area contributed by atoms with Gasteiger partial charge in [-0.25, -0.2) is 0 Å². The molecule has 21 heavy (non-hydrogen) atoms. The van der Waals surface area contributed by atoms with Gasteiger partial charge in [0.15, 0.2) is 0 Å². The molecule has 3 atom stereocenters. The van der Waals surface area contributed by atoms with E-state index in [-0.39, 0.29) is 11.7 Å². The molecule has 0 amide bonds. The van der Waals surface area contributed by atoms with Gasteiger partial charge >= 0.3 is 6.18 Å². The zero-order valence-electron chi connectivity index (χ0n) is 11.6. The molecule has 0 aliphatic carbocycles. The van der Waals surface area contributed by atoms with Gasteiger partial charge in [-0.05, 0) is 31.0 Å². The van der Waals surface area contributed by atoms with E-state index in [0.29, 0.717) is 19.2 Å². The summed E-state index contributed by atoms with van der Waals surface area (Å²) in [5.41, 5.74) is 5.55. The fourth-order valence-electron chi connectivity index (χ4n) is 3.31. The molecule has 6 heteroatoms. The van der Waals surface area contributed by atoms with Crippen molar-refractivity contribution in [3.63, 3.8) is 0 Å². The molecule has 0 spiro atoms. The van der Waals surface area contributed by atoms with Crippen LogP contribution in [0.25, 0.3) is 0 Å². The zero-order chi connectivity index (χ0) is 15.0. The number of benzene rings is 1. The van der Waals surface area contributed by atoms with Crippen LogP contribution >= 0.6 is 0 Å². The Balaban J connectivity index is 1.81. The fourth-order valence-corrected chi connectivity index (χ4v) is 3.31. The molecule has 3 rings (SSSR count). The molecule has 3 unspecified atom stereocenters. The largest absolute Gasteiger partial charge is 0.416 e. The lowest BCUT2D eigenvalue weighted by atomic mass is 9.95. The minimum absolute atomic E-state index is 0.118. The van der Waals surface area contributed by atoms with Crippen molar-refractivity contribution in [2.75, 3.05) is 19.7 Å². The van der Waals surface area contributed by atoms with Gasteiger partial charge < -0.3 is 10.5 Å². The minimum atomic E-state index is -4.39. The molecule has 2 aliphatic rings. The van der Waals surface area contributed by atoms with Gasteiger partial charge in [-0.3, -0.25) is 4.90 Å². The topological polar surface area (TPSA) is 38.5 Å². The van der Waals surface area contributed by atoms with Gasteiger partial charge in [0.2, 0.25) is 0 Å². The standard InChI is InChI=1S/C15H19F3N2O/c16-15(17,18)12-6-2-1-5-11(12)14(19)13-8-20-7-3-4-10(20)9-21-13/h1-2,5-6,10,13-14H,3-4,7-9,19H2. The molecule has 2 fully saturated rings. The predicted octanol–water partition coefficient (Wildman–Crippen LogP) is 2.57. The second kappa shape index (κ2) is 5.59. The Hall–Kier alpha value is -1.11. The van der Waals surface area contributed by atoms with E-state index in [0.717, 1.165) is 25.5 Å². The van der Waals surface area contributed by atoms with Gasteiger partial charge in [0.1, 0.15) is 0 Å². The lowest BCUT2D eigenvalue weighted by Gasteiger charge is -2.38. The smallest absolute Gasteiger partial charge is 0.373 e. The molecule has 0 bridgehead atoms. The minimum Gasteiger partial charge on any atom is -0.373 e. The summed E-state index contributed by atoms with van der Waals surface area (Å²) in [7, 11) is 0. The Morgan fingerprint density at radius 3 is 2.81 bits per heavy atom. The van der Waals surface area contributed by atoms with Crippen molar-refractivity contribution in [3.8, 4) is 0 Å². The van der Waals surface area contributed by atoms with Gasteiger partial charge in [0.05, 0.1) is 24.3 Å². The van der Waals surface area contributed by atoms with Crippen LogP contribution in [0, 0.1) is 0 Å². The summed E-state index contributed by atoms with van der Waals surface area (Å²) < 4.78 is 45.0. The molecule has 1 aromatic rings. The first-order chi connectivity index (χ1) is 9.97. The third-order valence-corrected chi connectivity index (χ3v) is 4.44. The molecule has 2 heterocycles. The van der Waals surface area contributed by atoms with Crippen LogP contribution in [0.2, 0.25) is 0 Å². The van der Waals surface area contributed by atoms with Crippen molar-refractivity contribution in [2.45, 2.75) is 37.2 Å². The molecule has 0 aromatic heterocycles. The third kappa shape index (κ3) is 2.93. The van der Waals surface area contributed by atoms with Crippen molar-refractivity contribution in [3.05, 3.63) is 35.4 Å². The summed E-state index contributed by atoms with van der Waals surface area (Å²) in [4.78, 5) is 2.28. The maximum atomic E-state index is 13.1. The fraction of sp³-hybridized carbons (Fsp3) is 0.600. The number of ether oxygens (including phenoxy) is 1. The van der Waals surface area contributed by atoms with Gasteiger partial charge in [0, 0.05) is 12.6 Å². The highest BCUT2D eigenvalue weighted by Gasteiger charge is 2.39. The van der Waals surface area contributed by atoms with Crippen molar-refractivity contribution >= 4 is 0 Å². The quantitative estimate of drug-likeness (QED) is 0.912. The average Bonchev–Trinajstić information content (AvgIpc) is 2.93. The van der Waals surface area contributed by atoms with Crippen molar-refractivity contribution in [1.82, 2.24) is 4.90 Å². The van der Waals surface area contributed by atoms with Crippen LogP contribution in [-0.2, 0) is 10.9 Å². The first-order valence-corrected chi connectivity index (χ1v) is 7.24. The Bertz CT molecular complexity index is 506. The number of hydrogen-bond donors (Lipinski definition) is 1. The van der Waals surface area contributed by atoms with Crippen LogP contribution < -0.4 is 5.73 Å². The van der Waals surface area contributed by atoms with E-state index in [2.05, 4.69) is 4.90 Å². The van der Waals surface area contributed by atoms with Crippen LogP contribution in [0.1, 0.15) is 30.0 Å². The molecule has 0 saturated carbocycles. The third-order valence-electron chi connectivity index (χ3n) is 4.44. The monoisotopic (exact) mass is 300 g/mol. The molecule has 116 valence electrons. The SMILES string of the molecule is NC(c1ccccc1C(F)(F)F)C1CN2CCCC2CO1. The number of nitrogens with zero attached hydrogens (tertiary/aromatic N) is 1. The van der Waals surface area contributed by atoms with E-state index in [1.54, 1.807) is 6.07 Å². The Kier molecular flexibility index (Phi) is 3.94. The molecule has 2 saturated heterocycles. The predicted molar refractivity (Wildman–Crippen MR) is 72.7 cm³/mol. The molecule has 0 radical (unpaired) electrons. The first-order valence-electron chi connectivity index (χ1n) is 7.24. The number of alkyl halides is 3. The number of halogens is 3. The summed E-state index contributed by atoms with van der Waals surface area (Å²) in [5, 5.41) is 0. The number of nitrogens with two attached hydrogens (primary N) is 1. The highest BCUT2D eigenvalue weighted by atomic mass is 19.4. The summed E-state index contributed by atoms with van der Waals surface area (Å²) in [5.74, 6) is 0. The van der Waals surface area contributed by atoms with Gasteiger partial charge in [-0.2, -0.15) is 13.2 Å². The summed E-state index contributed by atoms with van der Waals surface area (Å²) in [6, 6.07) is 5.16. The van der Waals surface area contributed by atoms with Crippen molar-refractivity contribution in [2.24, 2.45) is 5.73 Å². The number of morpholine rings is 1. The molecule has 3 nitrogen and oxygen atoms in total. The van der Waals surface area contributed by atoms with Crippen LogP contribution in [-0.4, -0.2) is 36.7 Å². The van der Waals surface area contributed by atoms with Gasteiger partial charge in [0.25, 0.3) is 0 Å². The summed E-state index contributed by atoms with van der Waals surface area (Å²) >= 11 is 0. The number of hydrogen-bond acceptors (Lipinski definition) is 3. The second-order valence-electron chi connectivity index (χ2n) is 5.77. The van der Waals surface area contributed by atoms with E-state index in [1.165, 1.54) is 12.1 Å². The summed E-state index contributed by atoms with van der Waals surface area (Å²) in [6.07, 6.45) is -2.56. The number of fused-ring (bicyclic) bond motifs is 1. The van der Waals surface area contributed by atoms with E-state index in [9.17, 15) is 13.2 Å². The number of rotatable bonds is 2. The maximum absolute atomic E-state index is 13.1. The molecule has 2 N–H and O–H groups in total. The van der Waals surface area contributed by atoms with Crippen LogP contribution in [0.4, 0.5) is 13.2 Å². The van der Waals surface area contributed by atoms with E-state index in [4.69, 9.17) is 10.5 Å². The van der Waals surface area contributed by atoms with Gasteiger partial charge in [-0.15, -0.1) is 0 Å². The normalized spacial score (nSPS) is 28.4. The van der Waals surface area contributed by atoms with E-state index < -0.39 is 17.8 Å². The lowest BCUT2D eigenvalue weighted by molar-refractivity contribution is -0.139. The summed E-state index contributed by atoms with van der Waals surface area (Å²) in [6.45, 7) is 2.16. The molecular weight excluding hydrogens is 281 g/mol. The lowest BCUT2D eigenvalue weighted by Crippen LogP contribution is -2.50. The maximum Gasteiger partial charge on any atom is 0.416 e. The van der Waals surface area contributed by atoms with E-state index >= 15 is 0 Å². The average molecular weight is 300 g/mol. The molecule has 2 aliphatic heterocycles. The van der Waals surface area contributed by atoms with Crippen molar-refractivity contribution in [1.29, 1.82) is 0 Å². The van der Waals surface area contributed by atoms with E-state index in [1.807, 2.05) is 0 Å². The molecular formula is C15H19F3N2O. The molecule has 1 aromatic carbocycles. The zero-order valence-corrected chi connectivity index (χ0v) is 11.6. The van der Waals surface area contributed by atoms with Crippen LogP contribution in [0.3, 0.4) is 0 Å².